The number of carbonyl (C=O) groups is 1. The van der Waals surface area contributed by atoms with Crippen LogP contribution < -0.4 is 10.0 Å². The van der Waals surface area contributed by atoms with Crippen molar-refractivity contribution >= 4 is 21.6 Å². The van der Waals surface area contributed by atoms with Gasteiger partial charge in [-0.2, -0.15) is 0 Å². The third kappa shape index (κ3) is 5.16. The number of ether oxygens (including phenoxy) is 1. The van der Waals surface area contributed by atoms with Gasteiger partial charge in [-0.05, 0) is 42.8 Å². The van der Waals surface area contributed by atoms with Crippen molar-refractivity contribution in [2.45, 2.75) is 11.3 Å². The number of hydrogen-bond acceptors (Lipinski definition) is 4. The van der Waals surface area contributed by atoms with Crippen LogP contribution in [0, 0.1) is 0 Å². The summed E-state index contributed by atoms with van der Waals surface area (Å²) in [5, 5.41) is 2.73. The number of carbonyl (C=O) groups excluding carboxylic acids is 1. The van der Waals surface area contributed by atoms with Crippen LogP contribution in [-0.4, -0.2) is 34.6 Å². The van der Waals surface area contributed by atoms with Gasteiger partial charge in [0.05, 0.1) is 4.90 Å². The number of hydrogen-bond donors (Lipinski definition) is 2. The van der Waals surface area contributed by atoms with Crippen LogP contribution in [0.3, 0.4) is 0 Å². The van der Waals surface area contributed by atoms with Crippen molar-refractivity contribution in [1.82, 2.24) is 4.72 Å². The van der Waals surface area contributed by atoms with Crippen LogP contribution in [0.2, 0.25) is 0 Å². The summed E-state index contributed by atoms with van der Waals surface area (Å²) in [6.45, 7) is 0.801. The molecule has 24 heavy (non-hydrogen) atoms. The molecule has 0 aliphatic carbocycles. The lowest BCUT2D eigenvalue weighted by molar-refractivity contribution is 0.102. The molecule has 0 fully saturated rings. The van der Waals surface area contributed by atoms with Gasteiger partial charge in [0, 0.05) is 31.5 Å². The van der Waals surface area contributed by atoms with Gasteiger partial charge in [-0.1, -0.05) is 18.2 Å². The van der Waals surface area contributed by atoms with Crippen molar-refractivity contribution in [2.75, 3.05) is 25.6 Å². The predicted octanol–water partition coefficient (Wildman–Crippen LogP) is 2.25. The molecule has 0 aliphatic heterocycles. The third-order valence-corrected chi connectivity index (χ3v) is 4.75. The number of amides is 1. The highest BCUT2D eigenvalue weighted by atomic mass is 32.2. The summed E-state index contributed by atoms with van der Waals surface area (Å²) in [6, 6.07) is 14.8. The number of benzene rings is 2. The van der Waals surface area contributed by atoms with Gasteiger partial charge in [0.1, 0.15) is 0 Å². The van der Waals surface area contributed by atoms with E-state index in [4.69, 9.17) is 4.74 Å². The molecule has 0 spiro atoms. The van der Waals surface area contributed by atoms with Crippen LogP contribution >= 0.6 is 0 Å². The van der Waals surface area contributed by atoms with E-state index < -0.39 is 10.0 Å². The third-order valence-electron chi connectivity index (χ3n) is 3.28. The van der Waals surface area contributed by atoms with E-state index in [1.807, 2.05) is 6.07 Å². The van der Waals surface area contributed by atoms with Gasteiger partial charge in [-0.25, -0.2) is 13.1 Å². The quantitative estimate of drug-likeness (QED) is 0.717. The Morgan fingerprint density at radius 1 is 1.04 bits per heavy atom. The normalized spacial score (nSPS) is 11.2. The predicted molar refractivity (Wildman–Crippen MR) is 92.5 cm³/mol. The van der Waals surface area contributed by atoms with Gasteiger partial charge >= 0.3 is 0 Å². The molecule has 128 valence electrons. The van der Waals surface area contributed by atoms with Gasteiger partial charge < -0.3 is 10.1 Å². The Labute approximate surface area is 141 Å². The number of sulfonamides is 1. The van der Waals surface area contributed by atoms with Gasteiger partial charge in [-0.15, -0.1) is 0 Å². The molecule has 2 aromatic carbocycles. The van der Waals surface area contributed by atoms with Crippen molar-refractivity contribution in [3.8, 4) is 0 Å². The Kier molecular flexibility index (Phi) is 6.48. The average molecular weight is 348 g/mol. The van der Waals surface area contributed by atoms with Crippen LogP contribution in [0.5, 0.6) is 0 Å². The monoisotopic (exact) mass is 348 g/mol. The van der Waals surface area contributed by atoms with Crippen LogP contribution in [0.1, 0.15) is 16.8 Å². The second-order valence-electron chi connectivity index (χ2n) is 5.09. The Hall–Kier alpha value is -2.22. The maximum absolute atomic E-state index is 12.1. The fourth-order valence-corrected chi connectivity index (χ4v) is 3.09. The highest BCUT2D eigenvalue weighted by Crippen LogP contribution is 2.15. The first-order valence-corrected chi connectivity index (χ1v) is 8.96. The first-order chi connectivity index (χ1) is 11.5. The molecular weight excluding hydrogens is 328 g/mol. The Bertz CT molecular complexity index is 759. The minimum atomic E-state index is -3.56. The number of methoxy groups -OCH3 is 1. The molecule has 1 amide bonds. The van der Waals surface area contributed by atoms with Crippen LogP contribution in [0.4, 0.5) is 5.69 Å². The fraction of sp³-hybridized carbons (Fsp3) is 0.235. The molecule has 0 unspecified atom stereocenters. The lowest BCUT2D eigenvalue weighted by Gasteiger charge is -2.08. The Morgan fingerprint density at radius 3 is 2.33 bits per heavy atom. The molecule has 0 bridgehead atoms. The standard InChI is InChI=1S/C17H20N2O4S/c1-23-13-5-12-18-24(21,22)16-10-8-15(9-11-16)19-17(20)14-6-3-2-4-7-14/h2-4,6-11,18H,5,12-13H2,1H3,(H,19,20). The van der Waals surface area contributed by atoms with E-state index in [0.717, 1.165) is 0 Å². The largest absolute Gasteiger partial charge is 0.385 e. The molecule has 0 radical (unpaired) electrons. The molecule has 6 nitrogen and oxygen atoms in total. The Morgan fingerprint density at radius 2 is 1.71 bits per heavy atom. The van der Waals surface area contributed by atoms with E-state index >= 15 is 0 Å². The molecule has 0 atom stereocenters. The van der Waals surface area contributed by atoms with Gasteiger partial charge in [0.2, 0.25) is 10.0 Å². The number of nitrogens with one attached hydrogen (secondary N) is 2. The van der Waals surface area contributed by atoms with Crippen LogP contribution in [0.25, 0.3) is 0 Å². The molecule has 0 saturated heterocycles. The molecule has 7 heteroatoms. The van der Waals surface area contributed by atoms with E-state index in [2.05, 4.69) is 10.0 Å². The maximum atomic E-state index is 12.1. The van der Waals surface area contributed by atoms with E-state index in [0.29, 0.717) is 30.8 Å². The molecule has 0 aromatic heterocycles. The highest BCUT2D eigenvalue weighted by molar-refractivity contribution is 7.89. The Balaban J connectivity index is 1.98. The first kappa shape index (κ1) is 18.1. The van der Waals surface area contributed by atoms with Crippen LogP contribution in [-0.2, 0) is 14.8 Å². The maximum Gasteiger partial charge on any atom is 0.255 e. The average Bonchev–Trinajstić information content (AvgIpc) is 2.60. The summed E-state index contributed by atoms with van der Waals surface area (Å²) in [5.41, 5.74) is 1.07. The smallest absolute Gasteiger partial charge is 0.255 e. The van der Waals surface area contributed by atoms with E-state index in [-0.39, 0.29) is 10.8 Å². The lowest BCUT2D eigenvalue weighted by Crippen LogP contribution is -2.25. The van der Waals surface area contributed by atoms with Crippen molar-refractivity contribution in [1.29, 1.82) is 0 Å². The zero-order chi connectivity index (χ0) is 17.4. The minimum Gasteiger partial charge on any atom is -0.385 e. The highest BCUT2D eigenvalue weighted by Gasteiger charge is 2.13. The van der Waals surface area contributed by atoms with E-state index in [9.17, 15) is 13.2 Å². The topological polar surface area (TPSA) is 84.5 Å². The first-order valence-electron chi connectivity index (χ1n) is 7.48. The molecule has 2 aromatic rings. The van der Waals surface area contributed by atoms with E-state index in [1.165, 1.54) is 12.1 Å². The molecule has 2 N–H and O–H groups in total. The van der Waals surface area contributed by atoms with Gasteiger partial charge in [0.25, 0.3) is 5.91 Å². The zero-order valence-electron chi connectivity index (χ0n) is 13.4. The summed E-state index contributed by atoms with van der Waals surface area (Å²) < 4.78 is 31.6. The second kappa shape index (κ2) is 8.58. The number of anilines is 1. The van der Waals surface area contributed by atoms with Crippen molar-refractivity contribution in [3.63, 3.8) is 0 Å². The fourth-order valence-electron chi connectivity index (χ4n) is 2.02. The summed E-state index contributed by atoms with van der Waals surface area (Å²) >= 11 is 0. The minimum absolute atomic E-state index is 0.151. The lowest BCUT2D eigenvalue weighted by atomic mass is 10.2. The summed E-state index contributed by atoms with van der Waals surface area (Å²) in [5.74, 6) is -0.246. The van der Waals surface area contributed by atoms with Crippen LogP contribution in [0.15, 0.2) is 59.5 Å². The molecular formula is C17H20N2O4S. The summed E-state index contributed by atoms with van der Waals surface area (Å²) in [6.07, 6.45) is 0.598. The molecule has 2 rings (SSSR count). The summed E-state index contributed by atoms with van der Waals surface area (Å²) in [4.78, 5) is 12.2. The SMILES string of the molecule is COCCCNS(=O)(=O)c1ccc(NC(=O)c2ccccc2)cc1. The molecule has 0 saturated carbocycles. The number of rotatable bonds is 8. The van der Waals surface area contributed by atoms with Crippen molar-refractivity contribution in [3.05, 3.63) is 60.2 Å². The van der Waals surface area contributed by atoms with E-state index in [1.54, 1.807) is 43.5 Å². The molecule has 0 heterocycles. The molecule has 0 aliphatic rings. The summed E-state index contributed by atoms with van der Waals surface area (Å²) in [7, 11) is -1.99. The van der Waals surface area contributed by atoms with Crippen molar-refractivity contribution < 1.29 is 17.9 Å². The van der Waals surface area contributed by atoms with Gasteiger partial charge in [-0.3, -0.25) is 4.79 Å². The van der Waals surface area contributed by atoms with Gasteiger partial charge in [0.15, 0.2) is 0 Å². The zero-order valence-corrected chi connectivity index (χ0v) is 14.2. The van der Waals surface area contributed by atoms with Crippen molar-refractivity contribution in [2.24, 2.45) is 0 Å². The second-order valence-corrected chi connectivity index (χ2v) is 6.86.